The number of ether oxygens (including phenoxy) is 2. The van der Waals surface area contributed by atoms with Gasteiger partial charge >= 0.3 is 5.97 Å². The number of carbonyl (C=O) groups is 1. The van der Waals surface area contributed by atoms with Crippen LogP contribution in [0.1, 0.15) is 23.2 Å². The molecule has 0 spiro atoms. The second-order valence-corrected chi connectivity index (χ2v) is 7.52. The summed E-state index contributed by atoms with van der Waals surface area (Å²) in [6.07, 6.45) is -0.697. The normalized spacial score (nSPS) is 24.9. The Hall–Kier alpha value is -2.13. The highest BCUT2D eigenvalue weighted by Gasteiger charge is 2.40. The number of piperidine rings is 1. The van der Waals surface area contributed by atoms with Crippen LogP contribution in [-0.4, -0.2) is 66.5 Å². The number of alkyl halides is 3. The number of morpholine rings is 1. The van der Waals surface area contributed by atoms with Gasteiger partial charge in [-0.25, -0.2) is 22.4 Å². The standard InChI is InChI=1S/C20H22F4N2O3/c21-3-4-26-13-6-15(7-14(26)11-28-10-13)29-20(27)17-8-25(9-19(23)24)18-2-1-12(22)5-16(17)18/h1-2,5,8,13-15,19H,3-4,6-7,9-11H2/t13-,14+,15-. The number of carbonyl (C=O) groups excluding carboxylic acids is 1. The van der Waals surface area contributed by atoms with Crippen molar-refractivity contribution in [3.05, 3.63) is 35.8 Å². The van der Waals surface area contributed by atoms with Crippen LogP contribution < -0.4 is 0 Å². The monoisotopic (exact) mass is 414 g/mol. The van der Waals surface area contributed by atoms with Gasteiger partial charge in [-0.3, -0.25) is 4.90 Å². The number of hydrogen-bond donors (Lipinski definition) is 0. The highest BCUT2D eigenvalue weighted by molar-refractivity contribution is 6.04. The van der Waals surface area contributed by atoms with Crippen LogP contribution in [0, 0.1) is 5.82 Å². The van der Waals surface area contributed by atoms with E-state index < -0.39 is 31.4 Å². The molecule has 158 valence electrons. The molecule has 0 unspecified atom stereocenters. The molecule has 2 bridgehead atoms. The van der Waals surface area contributed by atoms with Crippen molar-refractivity contribution in [3.63, 3.8) is 0 Å². The van der Waals surface area contributed by atoms with Crippen molar-refractivity contribution in [1.29, 1.82) is 0 Å². The molecule has 0 amide bonds. The summed E-state index contributed by atoms with van der Waals surface area (Å²) in [5.74, 6) is -1.23. The van der Waals surface area contributed by atoms with Crippen LogP contribution in [0.2, 0.25) is 0 Å². The molecule has 9 heteroatoms. The fourth-order valence-corrected chi connectivity index (χ4v) is 4.45. The number of esters is 1. The third-order valence-electron chi connectivity index (χ3n) is 5.64. The summed E-state index contributed by atoms with van der Waals surface area (Å²) in [5.41, 5.74) is 0.412. The van der Waals surface area contributed by atoms with Gasteiger partial charge in [0, 0.05) is 48.6 Å². The Morgan fingerprint density at radius 3 is 2.62 bits per heavy atom. The van der Waals surface area contributed by atoms with Gasteiger partial charge in [-0.15, -0.1) is 0 Å². The Kier molecular flexibility index (Phi) is 5.78. The van der Waals surface area contributed by atoms with Gasteiger partial charge in [-0.1, -0.05) is 0 Å². The van der Waals surface area contributed by atoms with Crippen molar-refractivity contribution in [2.45, 2.75) is 44.0 Å². The quantitative estimate of drug-likeness (QED) is 0.537. The second kappa shape index (κ2) is 8.31. The lowest BCUT2D eigenvalue weighted by Crippen LogP contribution is -2.59. The molecule has 2 aromatic rings. The topological polar surface area (TPSA) is 43.7 Å². The lowest BCUT2D eigenvalue weighted by molar-refractivity contribution is -0.108. The molecule has 2 aliphatic heterocycles. The zero-order chi connectivity index (χ0) is 20.5. The molecule has 2 saturated heterocycles. The second-order valence-electron chi connectivity index (χ2n) is 7.52. The molecule has 1 aromatic heterocycles. The van der Waals surface area contributed by atoms with Crippen LogP contribution in [0.4, 0.5) is 17.6 Å². The van der Waals surface area contributed by atoms with Crippen molar-refractivity contribution >= 4 is 16.9 Å². The van der Waals surface area contributed by atoms with Crippen molar-refractivity contribution in [3.8, 4) is 0 Å². The van der Waals surface area contributed by atoms with Crippen molar-refractivity contribution in [1.82, 2.24) is 9.47 Å². The van der Waals surface area contributed by atoms with E-state index in [2.05, 4.69) is 4.90 Å². The molecule has 1 aromatic carbocycles. The molecule has 2 aliphatic rings. The van der Waals surface area contributed by atoms with Crippen molar-refractivity contribution < 1.29 is 31.8 Å². The number of aromatic nitrogens is 1. The molecule has 0 radical (unpaired) electrons. The van der Waals surface area contributed by atoms with Crippen molar-refractivity contribution in [2.75, 3.05) is 26.4 Å². The van der Waals surface area contributed by atoms with Crippen LogP contribution in [0.15, 0.2) is 24.4 Å². The molecule has 5 nitrogen and oxygen atoms in total. The predicted molar refractivity (Wildman–Crippen MR) is 97.4 cm³/mol. The van der Waals surface area contributed by atoms with Crippen LogP contribution in [0.3, 0.4) is 0 Å². The number of hydrogen-bond acceptors (Lipinski definition) is 4. The first-order valence-electron chi connectivity index (χ1n) is 9.63. The van der Waals surface area contributed by atoms with E-state index in [4.69, 9.17) is 9.47 Å². The predicted octanol–water partition coefficient (Wildman–Crippen LogP) is 3.40. The third-order valence-corrected chi connectivity index (χ3v) is 5.64. The maximum absolute atomic E-state index is 13.7. The summed E-state index contributed by atoms with van der Waals surface area (Å²) in [5, 5.41) is 0.244. The molecular formula is C20H22F4N2O3. The Morgan fingerprint density at radius 2 is 1.97 bits per heavy atom. The summed E-state index contributed by atoms with van der Waals surface area (Å²) in [4.78, 5) is 14.9. The molecule has 29 heavy (non-hydrogen) atoms. The fraction of sp³-hybridized carbons (Fsp3) is 0.550. The molecule has 3 atom stereocenters. The van der Waals surface area contributed by atoms with E-state index >= 15 is 0 Å². The maximum Gasteiger partial charge on any atom is 0.340 e. The summed E-state index contributed by atoms with van der Waals surface area (Å²) in [7, 11) is 0. The van der Waals surface area contributed by atoms with E-state index in [-0.39, 0.29) is 29.1 Å². The minimum atomic E-state index is -2.61. The zero-order valence-electron chi connectivity index (χ0n) is 15.7. The highest BCUT2D eigenvalue weighted by Crippen LogP contribution is 2.31. The average Bonchev–Trinajstić information content (AvgIpc) is 2.99. The van der Waals surface area contributed by atoms with E-state index in [1.54, 1.807) is 0 Å². The number of fused-ring (bicyclic) bond motifs is 3. The van der Waals surface area contributed by atoms with E-state index in [1.165, 1.54) is 22.9 Å². The Bertz CT molecular complexity index is 874. The molecular weight excluding hydrogens is 392 g/mol. The molecule has 0 saturated carbocycles. The lowest BCUT2D eigenvalue weighted by Gasteiger charge is -2.47. The van der Waals surface area contributed by atoms with Gasteiger partial charge in [0.2, 0.25) is 0 Å². The zero-order valence-corrected chi connectivity index (χ0v) is 15.7. The molecule has 0 aliphatic carbocycles. The van der Waals surface area contributed by atoms with Crippen LogP contribution in [0.5, 0.6) is 0 Å². The van der Waals surface area contributed by atoms with Crippen LogP contribution in [0.25, 0.3) is 10.9 Å². The smallest absolute Gasteiger partial charge is 0.340 e. The average molecular weight is 414 g/mol. The molecule has 4 rings (SSSR count). The van der Waals surface area contributed by atoms with Gasteiger partial charge in [0.25, 0.3) is 6.43 Å². The summed E-state index contributed by atoms with van der Waals surface area (Å²) in [6.45, 7) is 0.165. The Morgan fingerprint density at radius 1 is 1.24 bits per heavy atom. The van der Waals surface area contributed by atoms with Crippen LogP contribution in [-0.2, 0) is 16.0 Å². The van der Waals surface area contributed by atoms with E-state index in [1.807, 2.05) is 0 Å². The molecule has 3 heterocycles. The summed E-state index contributed by atoms with van der Waals surface area (Å²) in [6, 6.07) is 3.63. The van der Waals surface area contributed by atoms with Gasteiger partial charge in [-0.05, 0) is 18.2 Å². The van der Waals surface area contributed by atoms with Gasteiger partial charge in [0.1, 0.15) is 18.6 Å². The largest absolute Gasteiger partial charge is 0.459 e. The first-order valence-corrected chi connectivity index (χ1v) is 9.63. The fourth-order valence-electron chi connectivity index (χ4n) is 4.45. The Balaban J connectivity index is 1.54. The highest BCUT2D eigenvalue weighted by atomic mass is 19.3. The number of nitrogens with zero attached hydrogens (tertiary/aromatic N) is 2. The Labute approximate surface area is 165 Å². The molecule has 0 N–H and O–H groups in total. The lowest BCUT2D eigenvalue weighted by atomic mass is 9.92. The molecule has 2 fully saturated rings. The minimum absolute atomic E-state index is 0.0336. The first-order chi connectivity index (χ1) is 14.0. The third kappa shape index (κ3) is 4.11. The van der Waals surface area contributed by atoms with Gasteiger partial charge in [-0.2, -0.15) is 0 Å². The minimum Gasteiger partial charge on any atom is -0.459 e. The van der Waals surface area contributed by atoms with Gasteiger partial charge < -0.3 is 14.0 Å². The number of benzene rings is 1. The van der Waals surface area contributed by atoms with E-state index in [9.17, 15) is 22.4 Å². The van der Waals surface area contributed by atoms with Gasteiger partial charge in [0.05, 0.1) is 25.3 Å². The van der Waals surface area contributed by atoms with Crippen molar-refractivity contribution in [2.24, 2.45) is 0 Å². The summed E-state index contributed by atoms with van der Waals surface area (Å²) >= 11 is 0. The summed E-state index contributed by atoms with van der Waals surface area (Å²) < 4.78 is 64.8. The maximum atomic E-state index is 13.7. The van der Waals surface area contributed by atoms with Gasteiger partial charge in [0.15, 0.2) is 0 Å². The SMILES string of the molecule is O=C(O[C@H]1C[C@H]2COC[C@@H](C1)N2CCF)c1cn(CC(F)F)c2ccc(F)cc12. The van der Waals surface area contributed by atoms with E-state index in [0.717, 1.165) is 6.07 Å². The number of halogens is 4. The van der Waals surface area contributed by atoms with Crippen LogP contribution >= 0.6 is 0 Å². The first kappa shape index (κ1) is 20.2. The van der Waals surface area contributed by atoms with E-state index in [0.29, 0.717) is 38.1 Å². The number of rotatable bonds is 6.